The third kappa shape index (κ3) is 5.03. The molecular weight excluding hydrogens is 320 g/mol. The van der Waals surface area contributed by atoms with Crippen LogP contribution in [-0.2, 0) is 11.3 Å². The van der Waals surface area contributed by atoms with Crippen LogP contribution in [0, 0.1) is 5.92 Å². The first kappa shape index (κ1) is 16.9. The zero-order chi connectivity index (χ0) is 16.8. The predicted molar refractivity (Wildman–Crippen MR) is 84.6 cm³/mol. The van der Waals surface area contributed by atoms with E-state index in [4.69, 9.17) is 11.6 Å². The number of amides is 3. The molecule has 0 aliphatic heterocycles. The highest BCUT2D eigenvalue weighted by Crippen LogP contribution is 2.23. The standard InChI is InChI=1S/C14H17ClN6O2/c1-9(2)7-16-14(23)17-12(22)8-21-19-13(18-20-21)10-5-3-4-6-11(10)15/h3-6,9H,7-8H2,1-2H3,(H2,16,17,22,23). The molecule has 2 rings (SSSR count). The van der Waals surface area contributed by atoms with Gasteiger partial charge < -0.3 is 5.32 Å². The first-order chi connectivity index (χ1) is 11.0. The van der Waals surface area contributed by atoms with Gasteiger partial charge in [0.05, 0.1) is 5.02 Å². The van der Waals surface area contributed by atoms with Crippen molar-refractivity contribution < 1.29 is 9.59 Å². The predicted octanol–water partition coefficient (Wildman–Crippen LogP) is 1.48. The van der Waals surface area contributed by atoms with E-state index in [-0.39, 0.29) is 6.54 Å². The van der Waals surface area contributed by atoms with Gasteiger partial charge in [-0.05, 0) is 23.3 Å². The van der Waals surface area contributed by atoms with Crippen LogP contribution in [0.2, 0.25) is 5.02 Å². The highest BCUT2D eigenvalue weighted by atomic mass is 35.5. The van der Waals surface area contributed by atoms with E-state index in [1.54, 1.807) is 24.3 Å². The van der Waals surface area contributed by atoms with Crippen molar-refractivity contribution in [3.8, 4) is 11.4 Å². The summed E-state index contributed by atoms with van der Waals surface area (Å²) in [5.41, 5.74) is 0.621. The zero-order valence-corrected chi connectivity index (χ0v) is 13.5. The summed E-state index contributed by atoms with van der Waals surface area (Å²) in [6.07, 6.45) is 0. The van der Waals surface area contributed by atoms with Gasteiger partial charge in [0.25, 0.3) is 5.91 Å². The third-order valence-corrected chi connectivity index (χ3v) is 3.11. The van der Waals surface area contributed by atoms with Crippen LogP contribution < -0.4 is 10.6 Å². The highest BCUT2D eigenvalue weighted by molar-refractivity contribution is 6.33. The number of rotatable bonds is 5. The number of hydrogen-bond donors (Lipinski definition) is 2. The molecule has 2 aromatic rings. The van der Waals surface area contributed by atoms with Crippen LogP contribution in [0.5, 0.6) is 0 Å². The van der Waals surface area contributed by atoms with Gasteiger partial charge in [-0.15, -0.1) is 10.2 Å². The lowest BCUT2D eigenvalue weighted by Crippen LogP contribution is -2.42. The molecular formula is C14H17ClN6O2. The number of imide groups is 1. The molecule has 2 N–H and O–H groups in total. The second-order valence-electron chi connectivity index (χ2n) is 5.28. The van der Waals surface area contributed by atoms with Gasteiger partial charge in [-0.2, -0.15) is 4.80 Å². The smallest absolute Gasteiger partial charge is 0.321 e. The average Bonchev–Trinajstić information content (AvgIpc) is 2.93. The SMILES string of the molecule is CC(C)CNC(=O)NC(=O)Cn1nnc(-c2ccccc2Cl)n1. The molecule has 0 bridgehead atoms. The van der Waals surface area contributed by atoms with Gasteiger partial charge in [-0.25, -0.2) is 4.79 Å². The van der Waals surface area contributed by atoms with Crippen molar-refractivity contribution in [3.63, 3.8) is 0 Å². The Hall–Kier alpha value is -2.48. The Labute approximate surface area is 138 Å². The number of carbonyl (C=O) groups is 2. The van der Waals surface area contributed by atoms with Crippen molar-refractivity contribution in [2.24, 2.45) is 5.92 Å². The lowest BCUT2D eigenvalue weighted by molar-refractivity contribution is -0.121. The maximum Gasteiger partial charge on any atom is 0.321 e. The monoisotopic (exact) mass is 336 g/mol. The van der Waals surface area contributed by atoms with Crippen LogP contribution in [0.25, 0.3) is 11.4 Å². The number of nitrogens with zero attached hydrogens (tertiary/aromatic N) is 4. The van der Waals surface area contributed by atoms with Crippen molar-refractivity contribution in [1.29, 1.82) is 0 Å². The minimum atomic E-state index is -0.546. The highest BCUT2D eigenvalue weighted by Gasteiger charge is 2.13. The van der Waals surface area contributed by atoms with Crippen molar-refractivity contribution in [3.05, 3.63) is 29.3 Å². The van der Waals surface area contributed by atoms with Crippen molar-refractivity contribution >= 4 is 23.5 Å². The molecule has 0 aliphatic carbocycles. The molecule has 0 saturated heterocycles. The van der Waals surface area contributed by atoms with E-state index in [9.17, 15) is 9.59 Å². The van der Waals surface area contributed by atoms with E-state index in [2.05, 4.69) is 26.0 Å². The molecule has 9 heteroatoms. The van der Waals surface area contributed by atoms with E-state index >= 15 is 0 Å². The second kappa shape index (κ2) is 7.68. The molecule has 0 atom stereocenters. The van der Waals surface area contributed by atoms with Crippen LogP contribution in [0.3, 0.4) is 0 Å². The Morgan fingerprint density at radius 1 is 1.30 bits per heavy atom. The maximum absolute atomic E-state index is 11.8. The summed E-state index contributed by atoms with van der Waals surface area (Å²) in [5, 5.41) is 17.0. The lowest BCUT2D eigenvalue weighted by atomic mass is 10.2. The molecule has 0 spiro atoms. The number of nitrogens with one attached hydrogen (secondary N) is 2. The molecule has 0 unspecified atom stereocenters. The van der Waals surface area contributed by atoms with Crippen molar-refractivity contribution in [2.45, 2.75) is 20.4 Å². The largest absolute Gasteiger partial charge is 0.338 e. The van der Waals surface area contributed by atoms with Crippen LogP contribution in [0.4, 0.5) is 4.79 Å². The number of tetrazole rings is 1. The third-order valence-electron chi connectivity index (χ3n) is 2.78. The van der Waals surface area contributed by atoms with Gasteiger partial charge in [0.2, 0.25) is 5.82 Å². The summed E-state index contributed by atoms with van der Waals surface area (Å²) in [4.78, 5) is 24.3. The number of hydrogen-bond acceptors (Lipinski definition) is 5. The van der Waals surface area contributed by atoms with Gasteiger partial charge in [0.15, 0.2) is 0 Å². The fourth-order valence-electron chi connectivity index (χ4n) is 1.70. The van der Waals surface area contributed by atoms with Gasteiger partial charge in [0, 0.05) is 12.1 Å². The van der Waals surface area contributed by atoms with Crippen LogP contribution >= 0.6 is 11.6 Å². The van der Waals surface area contributed by atoms with Gasteiger partial charge in [0.1, 0.15) is 6.54 Å². The molecule has 0 saturated carbocycles. The number of urea groups is 1. The Kier molecular flexibility index (Phi) is 5.64. The molecule has 23 heavy (non-hydrogen) atoms. The van der Waals surface area contributed by atoms with Crippen LogP contribution in [0.15, 0.2) is 24.3 Å². The Balaban J connectivity index is 1.93. The first-order valence-corrected chi connectivity index (χ1v) is 7.44. The van der Waals surface area contributed by atoms with Crippen molar-refractivity contribution in [1.82, 2.24) is 30.8 Å². The molecule has 0 aliphatic rings. The molecule has 1 aromatic carbocycles. The van der Waals surface area contributed by atoms with Crippen molar-refractivity contribution in [2.75, 3.05) is 6.54 Å². The number of aromatic nitrogens is 4. The Morgan fingerprint density at radius 2 is 2.04 bits per heavy atom. The van der Waals surface area contributed by atoms with E-state index in [1.807, 2.05) is 13.8 Å². The summed E-state index contributed by atoms with van der Waals surface area (Å²) in [6.45, 7) is 4.18. The lowest BCUT2D eigenvalue weighted by Gasteiger charge is -2.07. The van der Waals surface area contributed by atoms with Gasteiger partial charge in [-0.3, -0.25) is 10.1 Å². The van der Waals surface area contributed by atoms with E-state index < -0.39 is 11.9 Å². The molecule has 1 aromatic heterocycles. The fraction of sp³-hybridized carbons (Fsp3) is 0.357. The second-order valence-corrected chi connectivity index (χ2v) is 5.68. The normalized spacial score (nSPS) is 10.6. The summed E-state index contributed by atoms with van der Waals surface area (Å²) < 4.78 is 0. The molecule has 0 radical (unpaired) electrons. The molecule has 8 nitrogen and oxygen atoms in total. The Bertz CT molecular complexity index is 700. The van der Waals surface area contributed by atoms with Gasteiger partial charge in [-0.1, -0.05) is 37.6 Å². The summed E-state index contributed by atoms with van der Waals surface area (Å²) in [5.74, 6) is 0.0769. The molecule has 122 valence electrons. The number of benzene rings is 1. The first-order valence-electron chi connectivity index (χ1n) is 7.06. The van der Waals surface area contributed by atoms with Crippen LogP contribution in [-0.4, -0.2) is 38.7 Å². The molecule has 1 heterocycles. The topological polar surface area (TPSA) is 102 Å². The number of carbonyl (C=O) groups excluding carboxylic acids is 2. The summed E-state index contributed by atoms with van der Waals surface area (Å²) >= 11 is 6.05. The minimum Gasteiger partial charge on any atom is -0.338 e. The Morgan fingerprint density at radius 3 is 2.74 bits per heavy atom. The minimum absolute atomic E-state index is 0.216. The fourth-order valence-corrected chi connectivity index (χ4v) is 1.92. The average molecular weight is 337 g/mol. The summed E-state index contributed by atoms with van der Waals surface area (Å²) in [6, 6.07) is 6.51. The van der Waals surface area contributed by atoms with E-state index in [1.165, 1.54) is 0 Å². The van der Waals surface area contributed by atoms with E-state index in [0.717, 1.165) is 4.80 Å². The zero-order valence-electron chi connectivity index (χ0n) is 12.8. The molecule has 3 amide bonds. The van der Waals surface area contributed by atoms with E-state index in [0.29, 0.717) is 28.9 Å². The van der Waals surface area contributed by atoms with Crippen LogP contribution in [0.1, 0.15) is 13.8 Å². The number of halogens is 1. The maximum atomic E-state index is 11.8. The molecule has 0 fully saturated rings. The van der Waals surface area contributed by atoms with Gasteiger partial charge >= 0.3 is 6.03 Å². The quantitative estimate of drug-likeness (QED) is 0.861. The summed E-state index contributed by atoms with van der Waals surface area (Å²) in [7, 11) is 0.